The summed E-state index contributed by atoms with van der Waals surface area (Å²) >= 11 is 0. The first-order valence-corrected chi connectivity index (χ1v) is 7.65. The lowest BCUT2D eigenvalue weighted by Crippen LogP contribution is -2.32. The third-order valence-corrected chi connectivity index (χ3v) is 4.51. The van der Waals surface area contributed by atoms with Gasteiger partial charge in [-0.15, -0.1) is 0 Å². The van der Waals surface area contributed by atoms with Crippen LogP contribution in [-0.4, -0.2) is 32.7 Å². The van der Waals surface area contributed by atoms with Gasteiger partial charge < -0.3 is 9.47 Å². The molecule has 0 saturated carbocycles. The van der Waals surface area contributed by atoms with E-state index in [1.54, 1.807) is 14.2 Å². The minimum absolute atomic E-state index is 0.268. The van der Waals surface area contributed by atoms with Crippen molar-refractivity contribution in [3.8, 4) is 11.5 Å². The molecule has 22 heavy (non-hydrogen) atoms. The van der Waals surface area contributed by atoms with Gasteiger partial charge in [0, 0.05) is 6.54 Å². The Morgan fingerprint density at radius 3 is 2.27 bits per heavy atom. The molecule has 0 fully saturated rings. The van der Waals surface area contributed by atoms with Crippen molar-refractivity contribution in [1.29, 1.82) is 0 Å². The van der Waals surface area contributed by atoms with Gasteiger partial charge in [-0.25, -0.2) is 0 Å². The minimum Gasteiger partial charge on any atom is -0.493 e. The summed E-state index contributed by atoms with van der Waals surface area (Å²) < 4.78 is 10.9. The molecule has 116 valence electrons. The lowest BCUT2D eigenvalue weighted by Gasteiger charge is -2.35. The topological polar surface area (TPSA) is 21.7 Å². The molecule has 0 aliphatic carbocycles. The van der Waals surface area contributed by atoms with E-state index in [9.17, 15) is 0 Å². The first kappa shape index (κ1) is 14.9. The Bertz CT molecular complexity index is 664. The van der Waals surface area contributed by atoms with E-state index in [-0.39, 0.29) is 6.04 Å². The summed E-state index contributed by atoms with van der Waals surface area (Å²) in [4.78, 5) is 2.40. The van der Waals surface area contributed by atoms with Crippen molar-refractivity contribution in [2.45, 2.75) is 19.4 Å². The van der Waals surface area contributed by atoms with Crippen LogP contribution in [-0.2, 0) is 6.42 Å². The SMILES string of the molecule is COc1cc2c(cc1OC)[C@H](c1ccc(C)cc1)N(C)CC2. The van der Waals surface area contributed by atoms with Crippen molar-refractivity contribution in [3.05, 3.63) is 58.7 Å². The Labute approximate surface area is 132 Å². The average molecular weight is 297 g/mol. The maximum atomic E-state index is 5.50. The molecule has 2 aromatic carbocycles. The number of nitrogens with zero attached hydrogens (tertiary/aromatic N) is 1. The molecule has 0 aromatic heterocycles. The van der Waals surface area contributed by atoms with Gasteiger partial charge in [-0.3, -0.25) is 4.90 Å². The predicted molar refractivity (Wildman–Crippen MR) is 88.9 cm³/mol. The minimum atomic E-state index is 0.268. The summed E-state index contributed by atoms with van der Waals surface area (Å²) in [6.07, 6.45) is 1.04. The second-order valence-corrected chi connectivity index (χ2v) is 5.95. The Morgan fingerprint density at radius 2 is 1.64 bits per heavy atom. The smallest absolute Gasteiger partial charge is 0.161 e. The lowest BCUT2D eigenvalue weighted by molar-refractivity contribution is 0.262. The molecule has 3 heteroatoms. The van der Waals surface area contributed by atoms with Gasteiger partial charge in [0.05, 0.1) is 20.3 Å². The van der Waals surface area contributed by atoms with Crippen molar-refractivity contribution in [3.63, 3.8) is 0 Å². The molecule has 0 amide bonds. The summed E-state index contributed by atoms with van der Waals surface area (Å²) in [7, 11) is 5.57. The van der Waals surface area contributed by atoms with Crippen molar-refractivity contribution < 1.29 is 9.47 Å². The summed E-state index contributed by atoms with van der Waals surface area (Å²) in [5.74, 6) is 1.61. The molecule has 0 radical (unpaired) electrons. The normalized spacial score (nSPS) is 17.9. The van der Waals surface area contributed by atoms with Crippen molar-refractivity contribution in [2.24, 2.45) is 0 Å². The maximum Gasteiger partial charge on any atom is 0.161 e. The second-order valence-electron chi connectivity index (χ2n) is 5.95. The van der Waals surface area contributed by atoms with Crippen LogP contribution in [0.15, 0.2) is 36.4 Å². The van der Waals surface area contributed by atoms with Crippen LogP contribution in [0.25, 0.3) is 0 Å². The van der Waals surface area contributed by atoms with Crippen LogP contribution in [0.2, 0.25) is 0 Å². The van der Waals surface area contributed by atoms with Crippen molar-refractivity contribution in [2.75, 3.05) is 27.8 Å². The number of hydrogen-bond acceptors (Lipinski definition) is 3. The van der Waals surface area contributed by atoms with Gasteiger partial charge in [-0.05, 0) is 49.2 Å². The van der Waals surface area contributed by atoms with Crippen LogP contribution in [0.5, 0.6) is 11.5 Å². The van der Waals surface area contributed by atoms with Crippen LogP contribution in [0.1, 0.15) is 28.3 Å². The first-order chi connectivity index (χ1) is 10.6. The summed E-state index contributed by atoms with van der Waals surface area (Å²) in [6, 6.07) is 13.3. The van der Waals surface area contributed by atoms with Gasteiger partial charge in [0.2, 0.25) is 0 Å². The number of fused-ring (bicyclic) bond motifs is 1. The predicted octanol–water partition coefficient (Wildman–Crippen LogP) is 3.59. The van der Waals surface area contributed by atoms with E-state index in [0.717, 1.165) is 24.5 Å². The van der Waals surface area contributed by atoms with Crippen LogP contribution in [0, 0.1) is 6.92 Å². The quantitative estimate of drug-likeness (QED) is 0.864. The van der Waals surface area contributed by atoms with Crippen molar-refractivity contribution >= 4 is 0 Å². The highest BCUT2D eigenvalue weighted by atomic mass is 16.5. The molecular formula is C19H23NO2. The monoisotopic (exact) mass is 297 g/mol. The Balaban J connectivity index is 2.11. The molecule has 0 unspecified atom stereocenters. The highest BCUT2D eigenvalue weighted by Crippen LogP contribution is 2.40. The average Bonchev–Trinajstić information content (AvgIpc) is 2.54. The summed E-state index contributed by atoms with van der Waals surface area (Å²) in [5, 5.41) is 0. The molecule has 0 N–H and O–H groups in total. The number of aryl methyl sites for hydroxylation is 1. The standard InChI is InChI=1S/C19H23NO2/c1-13-5-7-14(8-6-13)19-16-12-18(22-4)17(21-3)11-15(16)9-10-20(19)2/h5-8,11-12,19H,9-10H2,1-4H3/t19-/m0/s1. The molecule has 2 aromatic rings. The number of hydrogen-bond donors (Lipinski definition) is 0. The molecule has 1 atom stereocenters. The van der Waals surface area contributed by atoms with Gasteiger partial charge >= 0.3 is 0 Å². The van der Waals surface area contributed by atoms with E-state index < -0.39 is 0 Å². The Hall–Kier alpha value is -2.00. The largest absolute Gasteiger partial charge is 0.493 e. The fraction of sp³-hybridized carbons (Fsp3) is 0.368. The highest BCUT2D eigenvalue weighted by Gasteiger charge is 2.27. The molecule has 1 heterocycles. The molecular weight excluding hydrogens is 274 g/mol. The number of ether oxygens (including phenoxy) is 2. The van der Waals surface area contributed by atoms with E-state index in [1.807, 2.05) is 0 Å². The third-order valence-electron chi connectivity index (χ3n) is 4.51. The van der Waals surface area contributed by atoms with Gasteiger partial charge in [0.25, 0.3) is 0 Å². The number of methoxy groups -OCH3 is 2. The van der Waals surface area contributed by atoms with Crippen LogP contribution in [0.3, 0.4) is 0 Å². The zero-order chi connectivity index (χ0) is 15.7. The number of rotatable bonds is 3. The number of likely N-dealkylation sites (N-methyl/N-ethyl adjacent to an activating group) is 1. The van der Waals surface area contributed by atoms with Gasteiger partial charge in [-0.2, -0.15) is 0 Å². The van der Waals surface area contributed by atoms with Gasteiger partial charge in [0.15, 0.2) is 11.5 Å². The highest BCUT2D eigenvalue weighted by molar-refractivity contribution is 5.51. The Morgan fingerprint density at radius 1 is 1.00 bits per heavy atom. The van der Waals surface area contributed by atoms with E-state index in [2.05, 4.69) is 55.3 Å². The molecule has 1 aliphatic heterocycles. The fourth-order valence-electron chi connectivity index (χ4n) is 3.25. The van der Waals surface area contributed by atoms with Gasteiger partial charge in [-0.1, -0.05) is 29.8 Å². The Kier molecular flexibility index (Phi) is 4.08. The zero-order valence-electron chi connectivity index (χ0n) is 13.7. The van der Waals surface area contributed by atoms with E-state index in [4.69, 9.17) is 9.47 Å². The van der Waals surface area contributed by atoms with Crippen LogP contribution in [0.4, 0.5) is 0 Å². The number of benzene rings is 2. The maximum absolute atomic E-state index is 5.50. The van der Waals surface area contributed by atoms with Crippen LogP contribution >= 0.6 is 0 Å². The lowest BCUT2D eigenvalue weighted by atomic mass is 9.88. The molecule has 0 saturated heterocycles. The van der Waals surface area contributed by atoms with E-state index in [1.165, 1.54) is 22.3 Å². The molecule has 0 spiro atoms. The van der Waals surface area contributed by atoms with E-state index >= 15 is 0 Å². The fourth-order valence-corrected chi connectivity index (χ4v) is 3.25. The third kappa shape index (κ3) is 2.57. The van der Waals surface area contributed by atoms with Crippen LogP contribution < -0.4 is 9.47 Å². The zero-order valence-corrected chi connectivity index (χ0v) is 13.7. The molecule has 3 nitrogen and oxygen atoms in total. The molecule has 3 rings (SSSR count). The van der Waals surface area contributed by atoms with Crippen molar-refractivity contribution in [1.82, 2.24) is 4.90 Å². The molecule has 0 bridgehead atoms. The second kappa shape index (κ2) is 6.01. The van der Waals surface area contributed by atoms with Gasteiger partial charge in [0.1, 0.15) is 0 Å². The summed E-state index contributed by atoms with van der Waals surface area (Å²) in [5.41, 5.74) is 5.27. The summed E-state index contributed by atoms with van der Waals surface area (Å²) in [6.45, 7) is 3.16. The van der Waals surface area contributed by atoms with E-state index in [0.29, 0.717) is 0 Å². The molecule has 1 aliphatic rings. The first-order valence-electron chi connectivity index (χ1n) is 7.65.